The van der Waals surface area contributed by atoms with Crippen molar-refractivity contribution < 1.29 is 14.4 Å². The summed E-state index contributed by atoms with van der Waals surface area (Å²) in [5.41, 5.74) is 0.826. The summed E-state index contributed by atoms with van der Waals surface area (Å²) in [4.78, 5) is 17.5. The van der Waals surface area contributed by atoms with Gasteiger partial charge in [0, 0.05) is 29.9 Å². The van der Waals surface area contributed by atoms with Gasteiger partial charge in [-0.1, -0.05) is 33.2 Å². The molecular weight excluding hydrogens is 338 g/mol. The number of rotatable bonds is 2. The van der Waals surface area contributed by atoms with Gasteiger partial charge in [-0.3, -0.25) is 4.79 Å². The van der Waals surface area contributed by atoms with Gasteiger partial charge in [0.05, 0.1) is 6.10 Å². The van der Waals surface area contributed by atoms with E-state index in [4.69, 9.17) is 4.52 Å². The fraction of sp³-hybridized carbons (Fsp3) is 0.357. The Bertz CT molecular complexity index is 673. The molecule has 2 atom stereocenters. The van der Waals surface area contributed by atoms with Crippen LogP contribution in [0, 0.1) is 0 Å². The SMILES string of the molecule is CC(=O)N1C[C@H](O)C[C@H]1c1nc(-c2cccc(Br)c2)no1. The Hall–Kier alpha value is -1.73. The number of aromatic nitrogens is 2. The largest absolute Gasteiger partial charge is 0.391 e. The molecule has 0 bridgehead atoms. The lowest BCUT2D eigenvalue weighted by Crippen LogP contribution is -2.29. The molecule has 2 heterocycles. The molecule has 1 aliphatic heterocycles. The number of β-amino-alcohol motifs (C(OH)–C–C–N with tert-alkyl or cyclic N) is 1. The van der Waals surface area contributed by atoms with E-state index in [1.54, 1.807) is 4.90 Å². The fourth-order valence-electron chi connectivity index (χ4n) is 2.51. The summed E-state index contributed by atoms with van der Waals surface area (Å²) < 4.78 is 6.21. The van der Waals surface area contributed by atoms with Gasteiger partial charge in [0.2, 0.25) is 17.6 Å². The van der Waals surface area contributed by atoms with Gasteiger partial charge in [-0.25, -0.2) is 0 Å². The minimum absolute atomic E-state index is 0.112. The Morgan fingerprint density at radius 2 is 2.33 bits per heavy atom. The highest BCUT2D eigenvalue weighted by atomic mass is 79.9. The first-order valence-electron chi connectivity index (χ1n) is 6.59. The molecule has 0 saturated carbocycles. The average Bonchev–Trinajstić information content (AvgIpc) is 3.04. The van der Waals surface area contributed by atoms with Crippen molar-refractivity contribution in [2.45, 2.75) is 25.5 Å². The molecule has 7 heteroatoms. The first-order valence-corrected chi connectivity index (χ1v) is 7.38. The third kappa shape index (κ3) is 2.84. The van der Waals surface area contributed by atoms with Crippen molar-refractivity contribution >= 4 is 21.8 Å². The fourth-order valence-corrected chi connectivity index (χ4v) is 2.91. The van der Waals surface area contributed by atoms with Crippen LogP contribution in [-0.2, 0) is 4.79 Å². The predicted octanol–water partition coefficient (Wildman–Crippen LogP) is 2.15. The Labute approximate surface area is 129 Å². The van der Waals surface area contributed by atoms with Crippen LogP contribution in [0.2, 0.25) is 0 Å². The quantitative estimate of drug-likeness (QED) is 0.896. The second-order valence-corrected chi connectivity index (χ2v) is 5.96. The highest BCUT2D eigenvalue weighted by molar-refractivity contribution is 9.10. The molecule has 1 amide bonds. The highest BCUT2D eigenvalue weighted by Gasteiger charge is 2.37. The van der Waals surface area contributed by atoms with E-state index in [1.807, 2.05) is 24.3 Å². The number of aliphatic hydroxyl groups is 1. The van der Waals surface area contributed by atoms with Gasteiger partial charge >= 0.3 is 0 Å². The molecule has 0 aliphatic carbocycles. The molecule has 1 aromatic carbocycles. The maximum Gasteiger partial charge on any atom is 0.249 e. The zero-order valence-electron chi connectivity index (χ0n) is 11.4. The van der Waals surface area contributed by atoms with Crippen LogP contribution in [0.1, 0.15) is 25.3 Å². The predicted molar refractivity (Wildman–Crippen MR) is 78.2 cm³/mol. The molecule has 0 radical (unpaired) electrons. The number of nitrogens with zero attached hydrogens (tertiary/aromatic N) is 3. The Balaban J connectivity index is 1.89. The zero-order chi connectivity index (χ0) is 15.0. The van der Waals surface area contributed by atoms with E-state index in [0.717, 1.165) is 10.0 Å². The van der Waals surface area contributed by atoms with Crippen LogP contribution in [-0.4, -0.2) is 38.7 Å². The second-order valence-electron chi connectivity index (χ2n) is 5.04. The minimum Gasteiger partial charge on any atom is -0.391 e. The van der Waals surface area contributed by atoms with E-state index in [2.05, 4.69) is 26.1 Å². The van der Waals surface area contributed by atoms with E-state index in [9.17, 15) is 9.90 Å². The topological polar surface area (TPSA) is 79.5 Å². The summed E-state index contributed by atoms with van der Waals surface area (Å²) in [6.07, 6.45) is -0.139. The Kier molecular flexibility index (Phi) is 3.77. The number of benzene rings is 1. The van der Waals surface area contributed by atoms with Crippen molar-refractivity contribution in [2.24, 2.45) is 0 Å². The van der Waals surface area contributed by atoms with Gasteiger partial charge in [-0.15, -0.1) is 0 Å². The molecule has 0 unspecified atom stereocenters. The van der Waals surface area contributed by atoms with E-state index in [1.165, 1.54) is 6.92 Å². The summed E-state index contributed by atoms with van der Waals surface area (Å²) in [5, 5.41) is 13.7. The molecule has 1 aliphatic rings. The molecule has 1 fully saturated rings. The third-order valence-corrected chi connectivity index (χ3v) is 3.99. The number of aliphatic hydroxyl groups excluding tert-OH is 1. The number of carbonyl (C=O) groups excluding carboxylic acids is 1. The maximum absolute atomic E-state index is 11.6. The van der Waals surface area contributed by atoms with Crippen LogP contribution in [0.4, 0.5) is 0 Å². The molecule has 6 nitrogen and oxygen atoms in total. The van der Waals surface area contributed by atoms with Crippen LogP contribution in [0.25, 0.3) is 11.4 Å². The Morgan fingerprint density at radius 1 is 1.52 bits per heavy atom. The van der Waals surface area contributed by atoms with Crippen molar-refractivity contribution in [2.75, 3.05) is 6.54 Å². The van der Waals surface area contributed by atoms with Crippen molar-refractivity contribution in [3.8, 4) is 11.4 Å². The molecule has 21 heavy (non-hydrogen) atoms. The van der Waals surface area contributed by atoms with Gasteiger partial charge in [0.25, 0.3) is 0 Å². The summed E-state index contributed by atoms with van der Waals surface area (Å²) >= 11 is 3.40. The number of halogens is 1. The highest BCUT2D eigenvalue weighted by Crippen LogP contribution is 2.32. The lowest BCUT2D eigenvalue weighted by Gasteiger charge is -2.19. The zero-order valence-corrected chi connectivity index (χ0v) is 12.9. The summed E-state index contributed by atoms with van der Waals surface area (Å²) in [6.45, 7) is 1.77. The van der Waals surface area contributed by atoms with Crippen molar-refractivity contribution in [1.82, 2.24) is 15.0 Å². The van der Waals surface area contributed by atoms with E-state index < -0.39 is 6.10 Å². The molecular formula is C14H14BrN3O3. The maximum atomic E-state index is 11.6. The monoisotopic (exact) mass is 351 g/mol. The number of likely N-dealkylation sites (tertiary alicyclic amines) is 1. The molecule has 1 N–H and O–H groups in total. The third-order valence-electron chi connectivity index (χ3n) is 3.49. The van der Waals surface area contributed by atoms with Crippen molar-refractivity contribution in [3.05, 3.63) is 34.6 Å². The van der Waals surface area contributed by atoms with Gasteiger partial charge in [-0.05, 0) is 12.1 Å². The molecule has 0 spiro atoms. The van der Waals surface area contributed by atoms with E-state index in [-0.39, 0.29) is 11.9 Å². The average molecular weight is 352 g/mol. The second kappa shape index (κ2) is 5.57. The van der Waals surface area contributed by atoms with Gasteiger partial charge in [0.1, 0.15) is 6.04 Å². The first kappa shape index (κ1) is 14.2. The van der Waals surface area contributed by atoms with Crippen LogP contribution >= 0.6 is 15.9 Å². The lowest BCUT2D eigenvalue weighted by molar-refractivity contribution is -0.130. The number of hydrogen-bond acceptors (Lipinski definition) is 5. The summed E-state index contributed by atoms with van der Waals surface area (Å²) in [7, 11) is 0. The van der Waals surface area contributed by atoms with Gasteiger partial charge < -0.3 is 14.5 Å². The normalized spacial score (nSPS) is 21.8. The van der Waals surface area contributed by atoms with Crippen LogP contribution < -0.4 is 0 Å². The smallest absolute Gasteiger partial charge is 0.249 e. The molecule has 1 aromatic heterocycles. The van der Waals surface area contributed by atoms with Crippen LogP contribution in [0.5, 0.6) is 0 Å². The van der Waals surface area contributed by atoms with Gasteiger partial charge in [0.15, 0.2) is 0 Å². The van der Waals surface area contributed by atoms with Crippen LogP contribution in [0.3, 0.4) is 0 Å². The van der Waals surface area contributed by atoms with Crippen LogP contribution in [0.15, 0.2) is 33.3 Å². The molecule has 1 saturated heterocycles. The summed E-state index contributed by atoms with van der Waals surface area (Å²) in [5.74, 6) is 0.715. The minimum atomic E-state index is -0.555. The van der Waals surface area contributed by atoms with Crippen molar-refractivity contribution in [1.29, 1.82) is 0 Å². The number of carbonyl (C=O) groups is 1. The molecule has 110 valence electrons. The Morgan fingerprint density at radius 3 is 3.05 bits per heavy atom. The first-order chi connectivity index (χ1) is 10.0. The molecule has 2 aromatic rings. The lowest BCUT2D eigenvalue weighted by atomic mass is 10.2. The summed E-state index contributed by atoms with van der Waals surface area (Å²) in [6, 6.07) is 7.21. The molecule has 3 rings (SSSR count). The number of hydrogen-bond donors (Lipinski definition) is 1. The number of amides is 1. The van der Waals surface area contributed by atoms with E-state index >= 15 is 0 Å². The van der Waals surface area contributed by atoms with Gasteiger partial charge in [-0.2, -0.15) is 4.98 Å². The standard InChI is InChI=1S/C14H14BrN3O3/c1-8(19)18-7-11(20)6-12(18)14-16-13(17-21-14)9-3-2-4-10(15)5-9/h2-5,11-12,20H,6-7H2,1H3/t11-,12+/m1/s1. The van der Waals surface area contributed by atoms with Crippen molar-refractivity contribution in [3.63, 3.8) is 0 Å². The van der Waals surface area contributed by atoms with E-state index in [0.29, 0.717) is 24.7 Å².